The summed E-state index contributed by atoms with van der Waals surface area (Å²) in [6.45, 7) is 5.94. The SMILES string of the molecule is CC(C)[C@@H](NC(=O)[C@@H]1CCCN(c2cnccn2)C1)c1cccs1. The van der Waals surface area contributed by atoms with E-state index < -0.39 is 0 Å². The average molecular weight is 344 g/mol. The third-order valence-corrected chi connectivity index (χ3v) is 5.44. The van der Waals surface area contributed by atoms with Crippen LogP contribution in [0.2, 0.25) is 0 Å². The van der Waals surface area contributed by atoms with E-state index in [2.05, 4.69) is 45.5 Å². The summed E-state index contributed by atoms with van der Waals surface area (Å²) >= 11 is 1.70. The molecule has 1 fully saturated rings. The minimum Gasteiger partial charge on any atom is -0.355 e. The summed E-state index contributed by atoms with van der Waals surface area (Å²) in [6, 6.07) is 4.23. The van der Waals surface area contributed by atoms with Gasteiger partial charge in [-0.3, -0.25) is 9.78 Å². The van der Waals surface area contributed by atoms with Gasteiger partial charge in [-0.2, -0.15) is 0 Å². The molecule has 2 aromatic heterocycles. The summed E-state index contributed by atoms with van der Waals surface area (Å²) < 4.78 is 0. The molecule has 1 saturated heterocycles. The van der Waals surface area contributed by atoms with Crippen LogP contribution in [0.4, 0.5) is 5.82 Å². The second-order valence-electron chi connectivity index (χ2n) is 6.59. The molecule has 1 aliphatic heterocycles. The monoisotopic (exact) mass is 344 g/mol. The molecule has 128 valence electrons. The maximum atomic E-state index is 12.8. The number of rotatable bonds is 5. The highest BCUT2D eigenvalue weighted by Crippen LogP contribution is 2.27. The Morgan fingerprint density at radius 2 is 2.29 bits per heavy atom. The normalized spacial score (nSPS) is 19.3. The molecule has 6 heteroatoms. The van der Waals surface area contributed by atoms with Crippen LogP contribution in [-0.2, 0) is 4.79 Å². The number of nitrogens with zero attached hydrogens (tertiary/aromatic N) is 3. The Hall–Kier alpha value is -1.95. The van der Waals surface area contributed by atoms with Crippen LogP contribution in [0.15, 0.2) is 36.1 Å². The molecule has 5 nitrogen and oxygen atoms in total. The summed E-state index contributed by atoms with van der Waals surface area (Å²) in [5.41, 5.74) is 0. The van der Waals surface area contributed by atoms with Gasteiger partial charge >= 0.3 is 0 Å². The molecule has 2 atom stereocenters. The van der Waals surface area contributed by atoms with Gasteiger partial charge in [0.1, 0.15) is 5.82 Å². The Balaban J connectivity index is 1.66. The first kappa shape index (κ1) is 16.9. The van der Waals surface area contributed by atoms with Crippen molar-refractivity contribution in [1.29, 1.82) is 0 Å². The topological polar surface area (TPSA) is 58.1 Å². The third-order valence-electron chi connectivity index (χ3n) is 4.48. The lowest BCUT2D eigenvalue weighted by Crippen LogP contribution is -2.45. The van der Waals surface area contributed by atoms with Gasteiger partial charge in [-0.25, -0.2) is 4.98 Å². The second-order valence-corrected chi connectivity index (χ2v) is 7.57. The molecule has 3 rings (SSSR count). The molecule has 24 heavy (non-hydrogen) atoms. The zero-order valence-electron chi connectivity index (χ0n) is 14.2. The lowest BCUT2D eigenvalue weighted by Gasteiger charge is -2.33. The van der Waals surface area contributed by atoms with Crippen molar-refractivity contribution in [2.75, 3.05) is 18.0 Å². The van der Waals surface area contributed by atoms with Crippen LogP contribution in [0.5, 0.6) is 0 Å². The lowest BCUT2D eigenvalue weighted by molar-refractivity contribution is -0.126. The molecule has 0 spiro atoms. The minimum absolute atomic E-state index is 0.00182. The fourth-order valence-electron chi connectivity index (χ4n) is 3.16. The van der Waals surface area contributed by atoms with E-state index in [1.807, 2.05) is 6.07 Å². The van der Waals surface area contributed by atoms with Gasteiger partial charge in [-0.15, -0.1) is 11.3 Å². The van der Waals surface area contributed by atoms with E-state index in [9.17, 15) is 4.79 Å². The number of anilines is 1. The first-order valence-corrected chi connectivity index (χ1v) is 9.38. The zero-order chi connectivity index (χ0) is 16.9. The van der Waals surface area contributed by atoms with Crippen molar-refractivity contribution in [3.05, 3.63) is 41.0 Å². The van der Waals surface area contributed by atoms with E-state index in [-0.39, 0.29) is 17.9 Å². The highest BCUT2D eigenvalue weighted by molar-refractivity contribution is 7.10. The predicted octanol–water partition coefficient (Wildman–Crippen LogP) is 3.27. The molecule has 3 heterocycles. The van der Waals surface area contributed by atoms with E-state index in [1.165, 1.54) is 4.88 Å². The summed E-state index contributed by atoms with van der Waals surface area (Å²) in [5, 5.41) is 5.33. The number of carbonyl (C=O) groups is 1. The van der Waals surface area contributed by atoms with Gasteiger partial charge in [0, 0.05) is 30.4 Å². The number of piperidine rings is 1. The summed E-state index contributed by atoms with van der Waals surface area (Å²) in [7, 11) is 0. The summed E-state index contributed by atoms with van der Waals surface area (Å²) in [5.74, 6) is 1.37. The fourth-order valence-corrected chi connectivity index (χ4v) is 4.11. The average Bonchev–Trinajstić information content (AvgIpc) is 3.14. The highest BCUT2D eigenvalue weighted by atomic mass is 32.1. The van der Waals surface area contributed by atoms with Crippen molar-refractivity contribution in [2.24, 2.45) is 11.8 Å². The van der Waals surface area contributed by atoms with Gasteiger partial charge in [0.25, 0.3) is 0 Å². The molecule has 1 aliphatic rings. The fraction of sp³-hybridized carbons (Fsp3) is 0.500. The van der Waals surface area contributed by atoms with Crippen molar-refractivity contribution >= 4 is 23.1 Å². The molecule has 0 aromatic carbocycles. The van der Waals surface area contributed by atoms with E-state index >= 15 is 0 Å². The standard InChI is InChI=1S/C18H24N4OS/c1-13(2)17(15-6-4-10-24-15)21-18(23)14-5-3-9-22(12-14)16-11-19-7-8-20-16/h4,6-8,10-11,13-14,17H,3,5,9,12H2,1-2H3,(H,21,23)/t14-,17-/m1/s1. The second kappa shape index (κ2) is 7.75. The molecule has 1 amide bonds. The molecule has 0 radical (unpaired) electrons. The molecule has 0 saturated carbocycles. The molecular weight excluding hydrogens is 320 g/mol. The van der Waals surface area contributed by atoms with Gasteiger partial charge in [0.05, 0.1) is 18.2 Å². The van der Waals surface area contributed by atoms with Gasteiger partial charge in [0.2, 0.25) is 5.91 Å². The number of amides is 1. The van der Waals surface area contributed by atoms with Crippen molar-refractivity contribution < 1.29 is 4.79 Å². The quantitative estimate of drug-likeness (QED) is 0.904. The summed E-state index contributed by atoms with van der Waals surface area (Å²) in [6.07, 6.45) is 7.07. The number of thiophene rings is 1. The van der Waals surface area contributed by atoms with Crippen molar-refractivity contribution in [3.8, 4) is 0 Å². The Labute approximate surface area is 147 Å². The number of nitrogens with one attached hydrogen (secondary N) is 1. The van der Waals surface area contributed by atoms with Crippen LogP contribution in [-0.4, -0.2) is 29.0 Å². The number of hydrogen-bond donors (Lipinski definition) is 1. The van der Waals surface area contributed by atoms with Gasteiger partial charge in [-0.05, 0) is 30.2 Å². The van der Waals surface area contributed by atoms with Crippen molar-refractivity contribution in [1.82, 2.24) is 15.3 Å². The maximum Gasteiger partial charge on any atom is 0.225 e. The first-order valence-electron chi connectivity index (χ1n) is 8.50. The Morgan fingerprint density at radius 1 is 1.42 bits per heavy atom. The van der Waals surface area contributed by atoms with E-state index in [1.54, 1.807) is 29.9 Å². The molecular formula is C18H24N4OS. The van der Waals surface area contributed by atoms with E-state index in [0.717, 1.165) is 25.2 Å². The molecule has 1 N–H and O–H groups in total. The molecule has 0 aliphatic carbocycles. The van der Waals surface area contributed by atoms with E-state index in [4.69, 9.17) is 0 Å². The van der Waals surface area contributed by atoms with Crippen LogP contribution in [0, 0.1) is 11.8 Å². The molecule has 2 aromatic rings. The van der Waals surface area contributed by atoms with E-state index in [0.29, 0.717) is 12.5 Å². The largest absolute Gasteiger partial charge is 0.355 e. The predicted molar refractivity (Wildman–Crippen MR) is 97.0 cm³/mol. The minimum atomic E-state index is 0.00182. The zero-order valence-corrected chi connectivity index (χ0v) is 15.0. The summed E-state index contributed by atoms with van der Waals surface area (Å²) in [4.78, 5) is 24.7. The van der Waals surface area contributed by atoms with Crippen LogP contribution in [0.25, 0.3) is 0 Å². The van der Waals surface area contributed by atoms with Gasteiger partial charge < -0.3 is 10.2 Å². The molecule has 0 bridgehead atoms. The highest BCUT2D eigenvalue weighted by Gasteiger charge is 2.29. The van der Waals surface area contributed by atoms with Crippen molar-refractivity contribution in [3.63, 3.8) is 0 Å². The third kappa shape index (κ3) is 3.93. The van der Waals surface area contributed by atoms with Crippen LogP contribution >= 0.6 is 11.3 Å². The number of hydrogen-bond acceptors (Lipinski definition) is 5. The maximum absolute atomic E-state index is 12.8. The van der Waals surface area contributed by atoms with Crippen LogP contribution in [0.3, 0.4) is 0 Å². The van der Waals surface area contributed by atoms with Crippen LogP contribution < -0.4 is 10.2 Å². The Kier molecular flexibility index (Phi) is 5.45. The van der Waals surface area contributed by atoms with Crippen molar-refractivity contribution in [2.45, 2.75) is 32.7 Å². The number of aromatic nitrogens is 2. The Morgan fingerprint density at radius 3 is 2.96 bits per heavy atom. The molecule has 0 unspecified atom stereocenters. The first-order chi connectivity index (χ1) is 11.6. The lowest BCUT2D eigenvalue weighted by atomic mass is 9.95. The van der Waals surface area contributed by atoms with Gasteiger partial charge in [-0.1, -0.05) is 19.9 Å². The smallest absolute Gasteiger partial charge is 0.225 e. The number of carbonyl (C=O) groups excluding carboxylic acids is 1. The Bertz CT molecular complexity index is 644. The van der Waals surface area contributed by atoms with Gasteiger partial charge in [0.15, 0.2) is 0 Å². The van der Waals surface area contributed by atoms with Crippen LogP contribution in [0.1, 0.15) is 37.6 Å².